The van der Waals surface area contributed by atoms with Crippen LogP contribution in [0.4, 0.5) is 5.82 Å². The first-order valence-electron chi connectivity index (χ1n) is 17.8. The number of hydrogen-bond donors (Lipinski definition) is 2. The molecule has 0 saturated carbocycles. The Morgan fingerprint density at radius 2 is 1.40 bits per heavy atom. The Kier molecular flexibility index (Phi) is 13.5. The van der Waals surface area contributed by atoms with Crippen LogP contribution in [0.2, 0.25) is 0 Å². The van der Waals surface area contributed by atoms with Gasteiger partial charge in [0.1, 0.15) is 18.1 Å². The summed E-state index contributed by atoms with van der Waals surface area (Å²) in [5.74, 6) is 0.180. The smallest absolute Gasteiger partial charge is 0.345 e. The van der Waals surface area contributed by atoms with Crippen LogP contribution in [0.15, 0.2) is 28.4 Å². The van der Waals surface area contributed by atoms with Crippen LogP contribution >= 0.6 is 22.7 Å². The second-order valence-electron chi connectivity index (χ2n) is 14.5. The predicted molar refractivity (Wildman–Crippen MR) is 206 cm³/mol. The Morgan fingerprint density at radius 1 is 0.855 bits per heavy atom. The minimum atomic E-state index is -3.94. The molecule has 5 heterocycles. The van der Waals surface area contributed by atoms with E-state index in [-0.39, 0.29) is 62.1 Å². The minimum Gasteiger partial charge on any atom is -0.382 e. The van der Waals surface area contributed by atoms with Gasteiger partial charge in [-0.3, -0.25) is 32.6 Å². The summed E-state index contributed by atoms with van der Waals surface area (Å²) in [5.41, 5.74) is 5.36. The van der Waals surface area contributed by atoms with Crippen LogP contribution in [0.1, 0.15) is 45.7 Å². The molecule has 0 aromatic carbocycles. The van der Waals surface area contributed by atoms with Gasteiger partial charge in [-0.15, -0.1) is 0 Å². The molecule has 2 fully saturated rings. The zero-order valence-corrected chi connectivity index (χ0v) is 35.6. The van der Waals surface area contributed by atoms with E-state index in [2.05, 4.69) is 19.9 Å². The fourth-order valence-electron chi connectivity index (χ4n) is 6.64. The number of rotatable bonds is 15. The maximum atomic E-state index is 15.2. The van der Waals surface area contributed by atoms with Gasteiger partial charge in [-0.2, -0.15) is 0 Å². The monoisotopic (exact) mass is 833 g/mol. The van der Waals surface area contributed by atoms with Crippen LogP contribution in [-0.2, 0) is 36.7 Å². The van der Waals surface area contributed by atoms with E-state index in [1.165, 1.54) is 39.9 Å². The molecule has 0 bridgehead atoms. The number of nitrogen functional groups attached to an aromatic ring is 1. The molecule has 55 heavy (non-hydrogen) atoms. The topological polar surface area (TPSA) is 235 Å². The lowest BCUT2D eigenvalue weighted by molar-refractivity contribution is -0.126. The summed E-state index contributed by atoms with van der Waals surface area (Å²) in [4.78, 5) is 40.2. The lowest BCUT2D eigenvalue weighted by Crippen LogP contribution is -2.50. The molecule has 0 amide bonds. The Balaban J connectivity index is 1.47. The quantitative estimate of drug-likeness (QED) is 0.210. The SMILES string of the molecule is COP(=O)(N(C)C)N1CC(COP(=O)(N(C)C)N2CC(COP(=O)(C(C)C)C(C)C)OC(n3cnc4c(N)ncnc43)C2)OC(n2cc(C)c(=O)[nH]c2=O)C1. The fraction of sp³-hybridized carbons (Fsp3) is 0.710. The van der Waals surface area contributed by atoms with Crippen molar-refractivity contribution in [3.8, 4) is 0 Å². The molecule has 6 atom stereocenters. The number of aromatic amines is 1. The molecule has 3 aromatic heterocycles. The van der Waals surface area contributed by atoms with E-state index in [4.69, 9.17) is 28.8 Å². The van der Waals surface area contributed by atoms with Crippen LogP contribution in [0.3, 0.4) is 0 Å². The first-order chi connectivity index (χ1) is 25.7. The lowest BCUT2D eigenvalue weighted by atomic mass is 10.3. The molecule has 6 unspecified atom stereocenters. The largest absolute Gasteiger partial charge is 0.382 e. The lowest BCUT2D eigenvalue weighted by Gasteiger charge is -2.45. The maximum absolute atomic E-state index is 15.2. The summed E-state index contributed by atoms with van der Waals surface area (Å²) in [6.45, 7) is 8.72. The van der Waals surface area contributed by atoms with Gasteiger partial charge in [-0.25, -0.2) is 38.4 Å². The number of hydrogen-bond acceptors (Lipinski definition) is 14. The van der Waals surface area contributed by atoms with E-state index in [9.17, 15) is 18.7 Å². The van der Waals surface area contributed by atoms with Crippen LogP contribution in [-0.4, -0.2) is 146 Å². The van der Waals surface area contributed by atoms with Gasteiger partial charge >= 0.3 is 21.0 Å². The number of aryl methyl sites for hydroxylation is 1. The maximum Gasteiger partial charge on any atom is 0.345 e. The molecule has 2 aliphatic rings. The van der Waals surface area contributed by atoms with Crippen LogP contribution in [0.25, 0.3) is 11.2 Å². The molecule has 2 saturated heterocycles. The van der Waals surface area contributed by atoms with Crippen molar-refractivity contribution in [1.29, 1.82) is 0 Å². The van der Waals surface area contributed by atoms with Gasteiger partial charge in [-0.05, 0) is 35.1 Å². The van der Waals surface area contributed by atoms with Crippen LogP contribution in [0, 0.1) is 6.92 Å². The zero-order chi connectivity index (χ0) is 40.6. The molecule has 24 heteroatoms. The molecule has 21 nitrogen and oxygen atoms in total. The summed E-state index contributed by atoms with van der Waals surface area (Å²) in [5, 5.41) is 0. The van der Waals surface area contributed by atoms with Crippen molar-refractivity contribution in [3.05, 3.63) is 45.3 Å². The Labute approximate surface area is 320 Å². The first kappa shape index (κ1) is 43.5. The van der Waals surface area contributed by atoms with Crippen LogP contribution < -0.4 is 17.0 Å². The molecule has 0 aliphatic carbocycles. The molecule has 0 spiro atoms. The Bertz CT molecular complexity index is 2080. The minimum absolute atomic E-state index is 0.0222. The normalized spacial score (nSPS) is 24.3. The summed E-state index contributed by atoms with van der Waals surface area (Å²) in [6, 6.07) is 0. The van der Waals surface area contributed by atoms with Crippen molar-refractivity contribution < 1.29 is 36.7 Å². The summed E-state index contributed by atoms with van der Waals surface area (Å²) < 4.78 is 83.1. The first-order valence-corrected chi connectivity index (χ1v) is 22.6. The number of anilines is 1. The summed E-state index contributed by atoms with van der Waals surface area (Å²) in [6.07, 6.45) is 0.747. The molecule has 308 valence electrons. The van der Waals surface area contributed by atoms with Gasteiger partial charge < -0.3 is 28.8 Å². The number of morpholine rings is 2. The zero-order valence-electron chi connectivity index (χ0n) is 33.0. The number of aromatic nitrogens is 6. The van der Waals surface area contributed by atoms with Gasteiger partial charge in [0.15, 0.2) is 17.7 Å². The van der Waals surface area contributed by atoms with Crippen molar-refractivity contribution in [2.75, 3.05) is 80.4 Å². The number of nitrogens with two attached hydrogens (primary N) is 1. The molecular weight excluding hydrogens is 779 g/mol. The van der Waals surface area contributed by atoms with Gasteiger partial charge in [0, 0.05) is 43.3 Å². The fourth-order valence-corrected chi connectivity index (χ4v) is 12.6. The molecule has 2 aliphatic heterocycles. The number of nitrogens with one attached hydrogen (secondary N) is 1. The molecule has 5 rings (SSSR count). The Hall–Kier alpha value is -2.64. The van der Waals surface area contributed by atoms with Crippen LogP contribution in [0.5, 0.6) is 0 Å². The van der Waals surface area contributed by atoms with E-state index in [0.717, 1.165) is 0 Å². The number of ether oxygens (including phenoxy) is 2. The Morgan fingerprint density at radius 3 is 1.95 bits per heavy atom. The predicted octanol–water partition coefficient (Wildman–Crippen LogP) is 2.78. The summed E-state index contributed by atoms with van der Waals surface area (Å²) in [7, 11) is -2.88. The van der Waals surface area contributed by atoms with Crippen molar-refractivity contribution in [3.63, 3.8) is 0 Å². The van der Waals surface area contributed by atoms with Crippen molar-refractivity contribution >= 4 is 39.7 Å². The standard InChI is InChI=1S/C31H54N11O10P3/c1-20(2)53(45,21(3)4)49-16-23-13-40(15-26(52-23)42-19-35-27-28(32)33-18-34-29(27)42)55(47,38(8)9)50-17-24-12-39(54(46,48-10)37(6)7)14-25(51-24)41-11-22(5)30(43)36-31(41)44/h11,18-21,23-26H,12-17H2,1-10H3,(H2,32,33,34)(H,36,43,44). The highest BCUT2D eigenvalue weighted by Gasteiger charge is 2.46. The van der Waals surface area contributed by atoms with Gasteiger partial charge in [-0.1, -0.05) is 27.7 Å². The molecule has 0 radical (unpaired) electrons. The van der Waals surface area contributed by atoms with Crippen molar-refractivity contribution in [2.24, 2.45) is 0 Å². The second-order valence-corrected chi connectivity index (χ2v) is 23.4. The third kappa shape index (κ3) is 8.78. The second kappa shape index (κ2) is 17.1. The highest BCUT2D eigenvalue weighted by atomic mass is 31.2. The van der Waals surface area contributed by atoms with E-state index in [1.54, 1.807) is 49.0 Å². The van der Waals surface area contributed by atoms with Crippen molar-refractivity contribution in [1.82, 2.24) is 47.8 Å². The van der Waals surface area contributed by atoms with E-state index in [0.29, 0.717) is 11.2 Å². The van der Waals surface area contributed by atoms with E-state index < -0.39 is 58.6 Å². The van der Waals surface area contributed by atoms with E-state index >= 15 is 4.57 Å². The third-order valence-corrected chi connectivity index (χ3v) is 18.2. The molecule has 3 N–H and O–H groups in total. The number of fused-ring (bicyclic) bond motifs is 1. The van der Waals surface area contributed by atoms with Crippen molar-refractivity contribution in [2.45, 2.75) is 70.6 Å². The summed E-state index contributed by atoms with van der Waals surface area (Å²) >= 11 is 0. The average Bonchev–Trinajstić information content (AvgIpc) is 3.59. The highest BCUT2D eigenvalue weighted by Crippen LogP contribution is 2.58. The van der Waals surface area contributed by atoms with Gasteiger partial charge in [0.2, 0.25) is 7.37 Å². The number of nitrogens with zero attached hydrogens (tertiary/aromatic N) is 9. The van der Waals surface area contributed by atoms with Gasteiger partial charge in [0.25, 0.3) is 5.56 Å². The van der Waals surface area contributed by atoms with E-state index in [1.807, 2.05) is 27.7 Å². The van der Waals surface area contributed by atoms with Gasteiger partial charge in [0.05, 0.1) is 44.8 Å². The number of H-pyrrole nitrogens is 1. The highest BCUT2D eigenvalue weighted by molar-refractivity contribution is 7.60. The number of imidazole rings is 1. The average molecular weight is 834 g/mol. The molecular formula is C31H54N11O10P3. The molecule has 3 aromatic rings. The third-order valence-electron chi connectivity index (χ3n) is 9.71.